The number of esters is 2. The summed E-state index contributed by atoms with van der Waals surface area (Å²) in [5.74, 6) is -2.75. The van der Waals surface area contributed by atoms with Crippen LogP contribution in [0.25, 0.3) is 11.1 Å². The summed E-state index contributed by atoms with van der Waals surface area (Å²) in [5, 5.41) is 18.2. The van der Waals surface area contributed by atoms with Gasteiger partial charge in [0.05, 0.1) is 24.7 Å². The first kappa shape index (κ1) is 25.2. The van der Waals surface area contributed by atoms with Crippen LogP contribution in [0.4, 0.5) is 4.39 Å². The third-order valence-electron chi connectivity index (χ3n) is 4.88. The molecule has 2 rings (SSSR count). The topological polar surface area (TPSA) is 93.1 Å². The maximum absolute atomic E-state index is 14.9. The molecule has 172 valence electrons. The monoisotopic (exact) mass is 444 g/mol. The highest BCUT2D eigenvalue weighted by Crippen LogP contribution is 2.33. The van der Waals surface area contributed by atoms with Crippen LogP contribution in [0.1, 0.15) is 38.7 Å². The van der Waals surface area contributed by atoms with E-state index in [2.05, 4.69) is 13.5 Å². The second-order valence-corrected chi connectivity index (χ2v) is 7.62. The summed E-state index contributed by atoms with van der Waals surface area (Å²) < 4.78 is 25.4. The number of rotatable bonds is 11. The molecule has 0 aliphatic carbocycles. The van der Waals surface area contributed by atoms with Gasteiger partial charge in [-0.2, -0.15) is 0 Å². The van der Waals surface area contributed by atoms with Gasteiger partial charge in [0.2, 0.25) is 0 Å². The van der Waals surface area contributed by atoms with Crippen LogP contribution >= 0.6 is 0 Å². The summed E-state index contributed by atoms with van der Waals surface area (Å²) in [6, 6.07) is 9.12. The minimum atomic E-state index is -0.864. The molecule has 6 nitrogen and oxygen atoms in total. The van der Waals surface area contributed by atoms with E-state index in [-0.39, 0.29) is 22.6 Å². The van der Waals surface area contributed by atoms with Crippen molar-refractivity contribution in [3.05, 3.63) is 59.9 Å². The molecule has 1 unspecified atom stereocenters. The van der Waals surface area contributed by atoms with Gasteiger partial charge < -0.3 is 19.7 Å². The Morgan fingerprint density at radius 3 is 2.34 bits per heavy atom. The molecule has 0 aliphatic rings. The fraction of sp³-hybridized carbons (Fsp3) is 0.360. The zero-order chi connectivity index (χ0) is 23.7. The van der Waals surface area contributed by atoms with E-state index in [0.29, 0.717) is 5.56 Å². The lowest BCUT2D eigenvalue weighted by Gasteiger charge is -2.13. The third-order valence-corrected chi connectivity index (χ3v) is 4.88. The van der Waals surface area contributed by atoms with Crippen LogP contribution < -0.4 is 9.47 Å². The Hall–Kier alpha value is -3.03. The van der Waals surface area contributed by atoms with Gasteiger partial charge in [-0.1, -0.05) is 38.5 Å². The number of carbonyl (C=O) groups is 2. The van der Waals surface area contributed by atoms with Gasteiger partial charge in [0.1, 0.15) is 17.3 Å². The van der Waals surface area contributed by atoms with Gasteiger partial charge in [0, 0.05) is 11.6 Å². The number of hydrogen-bond donors (Lipinski definition) is 2. The summed E-state index contributed by atoms with van der Waals surface area (Å²) in [7, 11) is 0. The fourth-order valence-corrected chi connectivity index (χ4v) is 2.91. The summed E-state index contributed by atoms with van der Waals surface area (Å²) in [5.41, 5.74) is 1.30. The molecule has 0 aliphatic heterocycles. The van der Waals surface area contributed by atoms with Crippen LogP contribution in [0.5, 0.6) is 11.5 Å². The Bertz CT molecular complexity index is 969. The van der Waals surface area contributed by atoms with E-state index in [0.717, 1.165) is 31.2 Å². The number of halogens is 1. The average molecular weight is 444 g/mol. The van der Waals surface area contributed by atoms with Crippen molar-refractivity contribution in [3.8, 4) is 22.6 Å². The molecule has 0 spiro atoms. The SMILES string of the molecule is C=C(CO)C(=O)Oc1cc(OC(=O)C(C)CO)cc(-c2ccc(CCCCC)cc2F)c1. The minimum absolute atomic E-state index is 0.00651. The second-order valence-electron chi connectivity index (χ2n) is 7.62. The van der Waals surface area contributed by atoms with Crippen LogP contribution in [0.3, 0.4) is 0 Å². The molecule has 0 saturated heterocycles. The molecule has 32 heavy (non-hydrogen) atoms. The van der Waals surface area contributed by atoms with Crippen molar-refractivity contribution in [2.24, 2.45) is 5.92 Å². The molecule has 7 heteroatoms. The Labute approximate surface area is 187 Å². The summed E-state index contributed by atoms with van der Waals surface area (Å²) in [6.45, 7) is 6.03. The highest BCUT2D eigenvalue weighted by Gasteiger charge is 2.18. The number of unbranched alkanes of at least 4 members (excludes halogenated alkanes) is 2. The van der Waals surface area contributed by atoms with Crippen molar-refractivity contribution in [1.82, 2.24) is 0 Å². The molecule has 0 aromatic heterocycles. The lowest BCUT2D eigenvalue weighted by Crippen LogP contribution is -2.20. The van der Waals surface area contributed by atoms with Gasteiger partial charge >= 0.3 is 11.9 Å². The maximum Gasteiger partial charge on any atom is 0.341 e. The van der Waals surface area contributed by atoms with Crippen molar-refractivity contribution < 1.29 is 33.7 Å². The standard InChI is InChI=1S/C25H29FO6/c1-4-5-6-7-18-8-9-22(23(26)10-18)19-11-20(31-24(29)16(2)14-27)13-21(12-19)32-25(30)17(3)15-28/h8-13,17,27-28H,2,4-7,14-15H2,1,3H3. The minimum Gasteiger partial charge on any atom is -0.426 e. The second kappa shape index (κ2) is 12.1. The Balaban J connectivity index is 2.40. The normalized spacial score (nSPS) is 11.7. The molecule has 2 N–H and O–H groups in total. The number of hydrogen-bond acceptors (Lipinski definition) is 6. The average Bonchev–Trinajstić information content (AvgIpc) is 2.77. The number of aryl methyl sites for hydroxylation is 1. The fourth-order valence-electron chi connectivity index (χ4n) is 2.91. The lowest BCUT2D eigenvalue weighted by atomic mass is 10.00. The number of aliphatic hydroxyl groups excluding tert-OH is 2. The van der Waals surface area contributed by atoms with E-state index in [1.165, 1.54) is 31.2 Å². The Morgan fingerprint density at radius 1 is 1.06 bits per heavy atom. The predicted molar refractivity (Wildman–Crippen MR) is 119 cm³/mol. The molecular formula is C25H29FO6. The Morgan fingerprint density at radius 2 is 1.75 bits per heavy atom. The molecule has 0 saturated carbocycles. The van der Waals surface area contributed by atoms with Gasteiger partial charge in [-0.25, -0.2) is 9.18 Å². The quantitative estimate of drug-likeness (QED) is 0.233. The van der Waals surface area contributed by atoms with Crippen molar-refractivity contribution in [1.29, 1.82) is 0 Å². The first-order valence-corrected chi connectivity index (χ1v) is 10.6. The maximum atomic E-state index is 14.9. The number of benzene rings is 2. The van der Waals surface area contributed by atoms with Crippen LogP contribution in [-0.2, 0) is 16.0 Å². The van der Waals surface area contributed by atoms with Gasteiger partial charge in [-0.3, -0.25) is 4.79 Å². The van der Waals surface area contributed by atoms with Gasteiger partial charge in [0.25, 0.3) is 0 Å². The first-order chi connectivity index (χ1) is 15.3. The molecule has 0 bridgehead atoms. The largest absolute Gasteiger partial charge is 0.426 e. The predicted octanol–water partition coefficient (Wildman–Crippen LogP) is 4.21. The molecule has 2 aromatic rings. The zero-order valence-electron chi connectivity index (χ0n) is 18.4. The summed E-state index contributed by atoms with van der Waals surface area (Å²) in [6.07, 6.45) is 3.88. The van der Waals surface area contributed by atoms with Crippen molar-refractivity contribution in [2.75, 3.05) is 13.2 Å². The molecule has 2 aromatic carbocycles. The van der Waals surface area contributed by atoms with Crippen molar-refractivity contribution in [3.63, 3.8) is 0 Å². The van der Waals surface area contributed by atoms with E-state index >= 15 is 0 Å². The number of aliphatic hydroxyl groups is 2. The van der Waals surface area contributed by atoms with Crippen LogP contribution in [-0.4, -0.2) is 35.4 Å². The summed E-state index contributed by atoms with van der Waals surface area (Å²) in [4.78, 5) is 24.1. The number of carbonyl (C=O) groups excluding carboxylic acids is 2. The molecule has 0 heterocycles. The van der Waals surface area contributed by atoms with E-state index in [9.17, 15) is 14.0 Å². The molecule has 0 amide bonds. The molecule has 0 fully saturated rings. The molecule has 0 radical (unpaired) electrons. The van der Waals surface area contributed by atoms with E-state index in [4.69, 9.17) is 19.7 Å². The highest BCUT2D eigenvalue weighted by atomic mass is 19.1. The number of ether oxygens (including phenoxy) is 2. The highest BCUT2D eigenvalue weighted by molar-refractivity contribution is 5.90. The van der Waals surface area contributed by atoms with Crippen LogP contribution in [0.2, 0.25) is 0 Å². The molecular weight excluding hydrogens is 415 g/mol. The van der Waals surface area contributed by atoms with Crippen molar-refractivity contribution >= 4 is 11.9 Å². The molecule has 1 atom stereocenters. The van der Waals surface area contributed by atoms with Crippen LogP contribution in [0, 0.1) is 11.7 Å². The van der Waals surface area contributed by atoms with E-state index in [1.54, 1.807) is 6.07 Å². The van der Waals surface area contributed by atoms with Gasteiger partial charge in [-0.15, -0.1) is 0 Å². The van der Waals surface area contributed by atoms with E-state index < -0.39 is 36.9 Å². The van der Waals surface area contributed by atoms with Gasteiger partial charge in [-0.05, 0) is 49.1 Å². The van der Waals surface area contributed by atoms with E-state index in [1.807, 2.05) is 6.07 Å². The van der Waals surface area contributed by atoms with Crippen molar-refractivity contribution in [2.45, 2.75) is 39.5 Å². The first-order valence-electron chi connectivity index (χ1n) is 10.6. The van der Waals surface area contributed by atoms with Gasteiger partial charge in [0.15, 0.2) is 0 Å². The smallest absolute Gasteiger partial charge is 0.341 e. The van der Waals surface area contributed by atoms with Crippen LogP contribution in [0.15, 0.2) is 48.6 Å². The Kier molecular flexibility index (Phi) is 9.56. The third kappa shape index (κ3) is 7.00. The lowest BCUT2D eigenvalue weighted by molar-refractivity contribution is -0.139. The summed E-state index contributed by atoms with van der Waals surface area (Å²) >= 11 is 0. The zero-order valence-corrected chi connectivity index (χ0v) is 18.4.